The summed E-state index contributed by atoms with van der Waals surface area (Å²) in [7, 11) is 4.59. The number of carbonyl (C=O) groups excluding carboxylic acids is 1. The molecule has 2 aromatic heterocycles. The van der Waals surface area contributed by atoms with Crippen LogP contribution >= 0.6 is 0 Å². The third-order valence-electron chi connectivity index (χ3n) is 3.88. The van der Waals surface area contributed by atoms with Crippen LogP contribution in [-0.4, -0.2) is 42.4 Å². The summed E-state index contributed by atoms with van der Waals surface area (Å²) < 4.78 is 21.0. The average molecular weight is 399 g/mol. The van der Waals surface area contributed by atoms with Gasteiger partial charge >= 0.3 is 0 Å². The number of carbonyl (C=O) groups is 1. The van der Waals surface area contributed by atoms with Gasteiger partial charge in [0.1, 0.15) is 23.1 Å². The number of rotatable bonds is 7. The lowest BCUT2D eigenvalue weighted by molar-refractivity contribution is 0.102. The summed E-state index contributed by atoms with van der Waals surface area (Å²) in [6, 6.07) is 6.60. The van der Waals surface area contributed by atoms with Crippen LogP contribution in [0.25, 0.3) is 0 Å². The third kappa shape index (κ3) is 4.54. The predicted octanol–water partition coefficient (Wildman–Crippen LogP) is 3.10. The number of nitrogens with zero attached hydrogens (tertiary/aromatic N) is 3. The number of aromatic nitrogens is 3. The highest BCUT2D eigenvalue weighted by molar-refractivity contribution is 6.02. The zero-order valence-electron chi connectivity index (χ0n) is 16.7. The second-order valence-electron chi connectivity index (χ2n) is 6.00. The standard InChI is InChI=1S/C19H21N5O5/c1-10-6-17(24-29-10)23-19(25)13-9-16(21-11(2)20-13)22-12-7-14(26-3)18(28-5)15(8-12)27-4/h6-9H,1-5H3,(H,20,21,22)(H,23,24,25). The summed E-state index contributed by atoms with van der Waals surface area (Å²) >= 11 is 0. The molecule has 0 atom stereocenters. The van der Waals surface area contributed by atoms with E-state index in [0.29, 0.717) is 46.2 Å². The Morgan fingerprint density at radius 3 is 2.17 bits per heavy atom. The number of nitrogens with one attached hydrogen (secondary N) is 2. The van der Waals surface area contributed by atoms with Gasteiger partial charge in [-0.3, -0.25) is 4.79 Å². The third-order valence-corrected chi connectivity index (χ3v) is 3.88. The number of aryl methyl sites for hydroxylation is 2. The van der Waals surface area contributed by atoms with Crippen molar-refractivity contribution < 1.29 is 23.5 Å². The largest absolute Gasteiger partial charge is 0.493 e. The zero-order chi connectivity index (χ0) is 21.0. The van der Waals surface area contributed by atoms with Gasteiger partial charge in [-0.2, -0.15) is 0 Å². The van der Waals surface area contributed by atoms with Crippen molar-refractivity contribution in [1.29, 1.82) is 0 Å². The summed E-state index contributed by atoms with van der Waals surface area (Å²) in [4.78, 5) is 21.0. The van der Waals surface area contributed by atoms with Crippen molar-refractivity contribution in [3.8, 4) is 17.2 Å². The molecule has 0 saturated carbocycles. The first kappa shape index (κ1) is 19.9. The fourth-order valence-electron chi connectivity index (χ4n) is 2.65. The van der Waals surface area contributed by atoms with Crippen molar-refractivity contribution in [2.45, 2.75) is 13.8 Å². The van der Waals surface area contributed by atoms with Gasteiger partial charge in [-0.25, -0.2) is 9.97 Å². The summed E-state index contributed by atoms with van der Waals surface area (Å²) in [5.74, 6) is 2.75. The molecule has 0 spiro atoms. The quantitative estimate of drug-likeness (QED) is 0.617. The molecule has 0 aliphatic rings. The van der Waals surface area contributed by atoms with Crippen LogP contribution in [0.3, 0.4) is 0 Å². The van der Waals surface area contributed by atoms with Crippen molar-refractivity contribution in [3.05, 3.63) is 41.5 Å². The molecule has 3 aromatic rings. The summed E-state index contributed by atoms with van der Waals surface area (Å²) in [5, 5.41) is 9.50. The number of ether oxygens (including phenoxy) is 3. The van der Waals surface area contributed by atoms with E-state index in [1.54, 1.807) is 32.0 Å². The minimum atomic E-state index is -0.434. The van der Waals surface area contributed by atoms with Crippen molar-refractivity contribution in [2.24, 2.45) is 0 Å². The first-order chi connectivity index (χ1) is 13.9. The molecular weight excluding hydrogens is 378 g/mol. The molecule has 0 aliphatic heterocycles. The Hall–Kier alpha value is -3.82. The molecule has 0 bridgehead atoms. The van der Waals surface area contributed by atoms with Crippen LogP contribution < -0.4 is 24.8 Å². The lowest BCUT2D eigenvalue weighted by Gasteiger charge is -2.15. The number of anilines is 3. The van der Waals surface area contributed by atoms with Crippen molar-refractivity contribution in [1.82, 2.24) is 15.1 Å². The lowest BCUT2D eigenvalue weighted by Crippen LogP contribution is -2.15. The molecule has 152 valence electrons. The molecule has 0 saturated heterocycles. The van der Waals surface area contributed by atoms with Crippen molar-refractivity contribution in [3.63, 3.8) is 0 Å². The molecular formula is C19H21N5O5. The predicted molar refractivity (Wildman–Crippen MR) is 105 cm³/mol. The molecule has 0 radical (unpaired) electrons. The molecule has 1 amide bonds. The molecule has 1 aromatic carbocycles. The Balaban J connectivity index is 1.87. The number of amides is 1. The summed E-state index contributed by atoms with van der Waals surface area (Å²) in [6.07, 6.45) is 0. The van der Waals surface area contributed by atoms with Crippen molar-refractivity contribution >= 4 is 23.2 Å². The first-order valence-corrected chi connectivity index (χ1v) is 8.61. The Morgan fingerprint density at radius 2 is 1.62 bits per heavy atom. The fraction of sp³-hybridized carbons (Fsp3) is 0.263. The van der Waals surface area contributed by atoms with Gasteiger partial charge in [0.25, 0.3) is 5.91 Å². The zero-order valence-corrected chi connectivity index (χ0v) is 16.7. The average Bonchev–Trinajstić information content (AvgIpc) is 3.11. The highest BCUT2D eigenvalue weighted by Gasteiger charge is 2.16. The smallest absolute Gasteiger partial charge is 0.275 e. The highest BCUT2D eigenvalue weighted by atomic mass is 16.5. The Kier molecular flexibility index (Phi) is 5.82. The van der Waals surface area contributed by atoms with Gasteiger partial charge in [0, 0.05) is 30.0 Å². The second-order valence-corrected chi connectivity index (χ2v) is 6.00. The van der Waals surface area contributed by atoms with E-state index in [1.165, 1.54) is 27.4 Å². The van der Waals surface area contributed by atoms with Gasteiger partial charge in [0.2, 0.25) is 5.75 Å². The van der Waals surface area contributed by atoms with Gasteiger partial charge in [-0.15, -0.1) is 0 Å². The normalized spacial score (nSPS) is 10.4. The summed E-state index contributed by atoms with van der Waals surface area (Å²) in [6.45, 7) is 3.42. The van der Waals surface area contributed by atoms with Gasteiger partial charge < -0.3 is 29.4 Å². The molecule has 10 heteroatoms. The van der Waals surface area contributed by atoms with Gasteiger partial charge in [-0.1, -0.05) is 5.16 Å². The van der Waals surface area contributed by atoms with E-state index in [9.17, 15) is 4.79 Å². The first-order valence-electron chi connectivity index (χ1n) is 8.61. The Labute approximate surface area is 167 Å². The Bertz CT molecular complexity index is 1010. The van der Waals surface area contributed by atoms with E-state index in [-0.39, 0.29) is 5.69 Å². The van der Waals surface area contributed by atoms with Crippen LogP contribution in [-0.2, 0) is 0 Å². The molecule has 2 heterocycles. The van der Waals surface area contributed by atoms with E-state index >= 15 is 0 Å². The van der Waals surface area contributed by atoms with Crippen LogP contribution in [0, 0.1) is 13.8 Å². The monoisotopic (exact) mass is 399 g/mol. The van der Waals surface area contributed by atoms with E-state index in [0.717, 1.165) is 0 Å². The van der Waals surface area contributed by atoms with E-state index < -0.39 is 5.91 Å². The minimum Gasteiger partial charge on any atom is -0.493 e. The number of methoxy groups -OCH3 is 3. The van der Waals surface area contributed by atoms with Crippen LogP contribution in [0.1, 0.15) is 22.1 Å². The highest BCUT2D eigenvalue weighted by Crippen LogP contribution is 2.40. The number of hydrogen-bond donors (Lipinski definition) is 2. The van der Waals surface area contributed by atoms with Gasteiger partial charge in [0.15, 0.2) is 17.3 Å². The van der Waals surface area contributed by atoms with E-state index in [1.807, 2.05) is 0 Å². The minimum absolute atomic E-state index is 0.174. The van der Waals surface area contributed by atoms with Gasteiger partial charge in [-0.05, 0) is 13.8 Å². The maximum Gasteiger partial charge on any atom is 0.275 e. The SMILES string of the molecule is COc1cc(Nc2cc(C(=O)Nc3cc(C)on3)nc(C)n2)cc(OC)c1OC. The lowest BCUT2D eigenvalue weighted by atomic mass is 10.2. The van der Waals surface area contributed by atoms with Crippen molar-refractivity contribution in [2.75, 3.05) is 32.0 Å². The molecule has 3 rings (SSSR count). The second kappa shape index (κ2) is 8.46. The van der Waals surface area contributed by atoms with Crippen LogP contribution in [0.4, 0.5) is 17.3 Å². The molecule has 0 unspecified atom stereocenters. The van der Waals surface area contributed by atoms with Crippen LogP contribution in [0.2, 0.25) is 0 Å². The number of benzene rings is 1. The maximum absolute atomic E-state index is 12.5. The molecule has 29 heavy (non-hydrogen) atoms. The molecule has 2 N–H and O–H groups in total. The van der Waals surface area contributed by atoms with E-state index in [2.05, 4.69) is 25.8 Å². The topological polar surface area (TPSA) is 121 Å². The summed E-state index contributed by atoms with van der Waals surface area (Å²) in [5.41, 5.74) is 0.809. The van der Waals surface area contributed by atoms with Crippen LogP contribution in [0.5, 0.6) is 17.2 Å². The fourth-order valence-corrected chi connectivity index (χ4v) is 2.65. The molecule has 10 nitrogen and oxygen atoms in total. The van der Waals surface area contributed by atoms with Crippen LogP contribution in [0.15, 0.2) is 28.8 Å². The maximum atomic E-state index is 12.5. The van der Waals surface area contributed by atoms with E-state index in [4.69, 9.17) is 18.7 Å². The Morgan fingerprint density at radius 1 is 0.931 bits per heavy atom. The molecule has 0 aliphatic carbocycles. The molecule has 0 fully saturated rings. The number of hydrogen-bond acceptors (Lipinski definition) is 9. The van der Waals surface area contributed by atoms with Gasteiger partial charge in [0.05, 0.1) is 21.3 Å².